The minimum atomic E-state index is -5.08. The summed E-state index contributed by atoms with van der Waals surface area (Å²) in [6, 6.07) is 7.01. The number of alkyl halides is 3. The average molecular weight is 261 g/mol. The number of carboxylic acid groups (broad SMARTS) is 1. The van der Waals surface area contributed by atoms with Gasteiger partial charge in [-0.1, -0.05) is 17.3 Å². The van der Waals surface area contributed by atoms with Gasteiger partial charge in [0.15, 0.2) is 5.58 Å². The number of fused-ring (bicyclic) bond motifs is 1. The van der Waals surface area contributed by atoms with Gasteiger partial charge in [-0.3, -0.25) is 4.79 Å². The van der Waals surface area contributed by atoms with E-state index in [2.05, 4.69) is 5.16 Å². The van der Waals surface area contributed by atoms with Crippen molar-refractivity contribution in [3.63, 3.8) is 0 Å². The van der Waals surface area contributed by atoms with Crippen molar-refractivity contribution in [2.75, 3.05) is 0 Å². The van der Waals surface area contributed by atoms with Crippen LogP contribution in [0.15, 0.2) is 39.8 Å². The molecule has 0 fully saturated rings. The van der Waals surface area contributed by atoms with Crippen molar-refractivity contribution in [2.24, 2.45) is 0 Å². The second kappa shape index (κ2) is 5.30. The maximum absolute atomic E-state index is 11.1. The molecule has 8 heteroatoms. The van der Waals surface area contributed by atoms with Crippen LogP contribution in [0.2, 0.25) is 0 Å². The largest absolute Gasteiger partial charge is 0.490 e. The summed E-state index contributed by atoms with van der Waals surface area (Å²) in [6.07, 6.45) is -3.91. The predicted molar refractivity (Wildman–Crippen MR) is 54.0 cm³/mol. The number of hydrogen-bond donors (Lipinski definition) is 1. The number of para-hydroxylation sites is 1. The fraction of sp³-hybridized carbons (Fsp3) is 0.100. The van der Waals surface area contributed by atoms with Crippen LogP contribution in [0.3, 0.4) is 0 Å². The molecule has 1 N–H and O–H groups in total. The molecule has 5 nitrogen and oxygen atoms in total. The molecule has 18 heavy (non-hydrogen) atoms. The third kappa shape index (κ3) is 3.58. The van der Waals surface area contributed by atoms with E-state index in [-0.39, 0.29) is 5.43 Å². The second-order valence-electron chi connectivity index (χ2n) is 2.99. The van der Waals surface area contributed by atoms with Gasteiger partial charge in [0.1, 0.15) is 6.20 Å². The van der Waals surface area contributed by atoms with Gasteiger partial charge in [-0.15, -0.1) is 0 Å². The Labute approximate surface area is 97.4 Å². The first kappa shape index (κ1) is 13.7. The van der Waals surface area contributed by atoms with Gasteiger partial charge in [-0.05, 0) is 12.1 Å². The zero-order valence-electron chi connectivity index (χ0n) is 8.64. The van der Waals surface area contributed by atoms with E-state index >= 15 is 0 Å². The fourth-order valence-corrected chi connectivity index (χ4v) is 0.950. The third-order valence-corrected chi connectivity index (χ3v) is 1.72. The summed E-state index contributed by atoms with van der Waals surface area (Å²) in [5.41, 5.74) is 0.423. The summed E-state index contributed by atoms with van der Waals surface area (Å²) in [4.78, 5) is 20.0. The highest BCUT2D eigenvalue weighted by Crippen LogP contribution is 2.13. The molecular formula is C10H6F3NO4. The lowest BCUT2D eigenvalue weighted by atomic mass is 10.2. The van der Waals surface area contributed by atoms with Crippen LogP contribution in [-0.4, -0.2) is 22.4 Å². The lowest BCUT2D eigenvalue weighted by Crippen LogP contribution is -2.21. The minimum absolute atomic E-state index is 0.105. The SMILES string of the molecule is O=C(O)C(F)(F)F.O=c1cnoc2ccccc12. The number of benzene rings is 1. The van der Waals surface area contributed by atoms with E-state index in [9.17, 15) is 18.0 Å². The monoisotopic (exact) mass is 261 g/mol. The summed E-state index contributed by atoms with van der Waals surface area (Å²) >= 11 is 0. The first-order chi connectivity index (χ1) is 8.32. The van der Waals surface area contributed by atoms with Gasteiger partial charge in [0, 0.05) is 0 Å². The van der Waals surface area contributed by atoms with Crippen LogP contribution < -0.4 is 5.43 Å². The number of hydrogen-bond acceptors (Lipinski definition) is 4. The van der Waals surface area contributed by atoms with Crippen molar-refractivity contribution in [1.82, 2.24) is 5.16 Å². The fourth-order valence-electron chi connectivity index (χ4n) is 0.950. The molecular weight excluding hydrogens is 255 g/mol. The Kier molecular flexibility index (Phi) is 4.03. The Hall–Kier alpha value is -2.38. The molecule has 0 radical (unpaired) electrons. The molecule has 2 aromatic rings. The first-order valence-corrected chi connectivity index (χ1v) is 4.46. The molecule has 0 saturated heterocycles. The summed E-state index contributed by atoms with van der Waals surface area (Å²) in [7, 11) is 0. The van der Waals surface area contributed by atoms with Crippen molar-refractivity contribution in [1.29, 1.82) is 0 Å². The molecule has 0 unspecified atom stereocenters. The highest BCUT2D eigenvalue weighted by molar-refractivity contribution is 5.75. The molecule has 0 saturated carbocycles. The molecule has 2 rings (SSSR count). The van der Waals surface area contributed by atoms with Crippen molar-refractivity contribution >= 4 is 16.9 Å². The van der Waals surface area contributed by atoms with Crippen LogP contribution in [0.5, 0.6) is 0 Å². The summed E-state index contributed by atoms with van der Waals surface area (Å²) in [5.74, 6) is -2.76. The normalized spacial score (nSPS) is 10.6. The zero-order valence-corrected chi connectivity index (χ0v) is 8.64. The van der Waals surface area contributed by atoms with Gasteiger partial charge in [-0.25, -0.2) is 4.79 Å². The molecule has 0 aliphatic rings. The van der Waals surface area contributed by atoms with Crippen molar-refractivity contribution in [3.05, 3.63) is 40.7 Å². The number of carbonyl (C=O) groups is 1. The van der Waals surface area contributed by atoms with E-state index in [1.54, 1.807) is 24.3 Å². The van der Waals surface area contributed by atoms with E-state index in [1.165, 1.54) is 6.20 Å². The van der Waals surface area contributed by atoms with Crippen molar-refractivity contribution in [3.8, 4) is 0 Å². The average Bonchev–Trinajstić information content (AvgIpc) is 2.29. The van der Waals surface area contributed by atoms with Crippen LogP contribution in [0.25, 0.3) is 11.0 Å². The molecule has 1 aromatic carbocycles. The minimum Gasteiger partial charge on any atom is -0.475 e. The van der Waals surface area contributed by atoms with Crippen LogP contribution in [0.1, 0.15) is 0 Å². The van der Waals surface area contributed by atoms with E-state index < -0.39 is 12.1 Å². The molecule has 0 amide bonds. The smallest absolute Gasteiger partial charge is 0.475 e. The zero-order chi connectivity index (χ0) is 13.8. The van der Waals surface area contributed by atoms with Crippen LogP contribution >= 0.6 is 0 Å². The van der Waals surface area contributed by atoms with E-state index in [4.69, 9.17) is 14.4 Å². The Morgan fingerprint density at radius 2 is 1.83 bits per heavy atom. The summed E-state index contributed by atoms with van der Waals surface area (Å²) < 4.78 is 36.6. The van der Waals surface area contributed by atoms with E-state index in [0.29, 0.717) is 11.0 Å². The molecule has 1 heterocycles. The van der Waals surface area contributed by atoms with Gasteiger partial charge in [0.2, 0.25) is 5.43 Å². The molecule has 0 aliphatic heterocycles. The van der Waals surface area contributed by atoms with Gasteiger partial charge in [0.25, 0.3) is 0 Å². The maximum Gasteiger partial charge on any atom is 0.490 e. The lowest BCUT2D eigenvalue weighted by Gasteiger charge is -1.93. The van der Waals surface area contributed by atoms with Gasteiger partial charge < -0.3 is 9.63 Å². The first-order valence-electron chi connectivity index (χ1n) is 4.46. The van der Waals surface area contributed by atoms with Gasteiger partial charge >= 0.3 is 12.1 Å². The van der Waals surface area contributed by atoms with Gasteiger partial charge in [-0.2, -0.15) is 13.2 Å². The number of aromatic nitrogens is 1. The quantitative estimate of drug-likeness (QED) is 0.782. The number of carboxylic acids is 1. The number of nitrogens with zero attached hydrogens (tertiary/aromatic N) is 1. The third-order valence-electron chi connectivity index (χ3n) is 1.72. The second-order valence-corrected chi connectivity index (χ2v) is 2.99. The maximum atomic E-state index is 11.1. The van der Waals surface area contributed by atoms with Crippen molar-refractivity contribution in [2.45, 2.75) is 6.18 Å². The van der Waals surface area contributed by atoms with E-state index in [0.717, 1.165) is 0 Å². The highest BCUT2D eigenvalue weighted by atomic mass is 19.4. The Morgan fingerprint density at radius 3 is 2.33 bits per heavy atom. The van der Waals surface area contributed by atoms with E-state index in [1.807, 2.05) is 0 Å². The van der Waals surface area contributed by atoms with Crippen LogP contribution in [0, 0.1) is 0 Å². The molecule has 0 atom stereocenters. The van der Waals surface area contributed by atoms with Crippen LogP contribution in [0.4, 0.5) is 13.2 Å². The highest BCUT2D eigenvalue weighted by Gasteiger charge is 2.38. The molecule has 0 aliphatic carbocycles. The predicted octanol–water partition coefficient (Wildman–Crippen LogP) is 1.82. The Morgan fingerprint density at radius 1 is 1.28 bits per heavy atom. The molecule has 96 valence electrons. The molecule has 0 bridgehead atoms. The Bertz CT molecular complexity index is 600. The lowest BCUT2D eigenvalue weighted by molar-refractivity contribution is -0.192. The number of halogens is 3. The standard InChI is InChI=1S/C8H5NO2.C2HF3O2/c10-7-5-9-11-8-4-2-1-3-6(7)8;3-2(4,5)1(6)7/h1-5H;(H,6,7). The topological polar surface area (TPSA) is 80.4 Å². The van der Waals surface area contributed by atoms with Crippen LogP contribution in [-0.2, 0) is 4.79 Å². The Balaban J connectivity index is 0.000000203. The summed E-state index contributed by atoms with van der Waals surface area (Å²) in [5, 5.41) is 11.1. The molecule has 0 spiro atoms. The number of rotatable bonds is 0. The van der Waals surface area contributed by atoms with Crippen molar-refractivity contribution < 1.29 is 27.6 Å². The van der Waals surface area contributed by atoms with Gasteiger partial charge in [0.05, 0.1) is 5.39 Å². The molecule has 1 aromatic heterocycles. The number of aliphatic carboxylic acids is 1. The summed E-state index contributed by atoms with van der Waals surface area (Å²) in [6.45, 7) is 0.